The summed E-state index contributed by atoms with van der Waals surface area (Å²) >= 11 is 0. The summed E-state index contributed by atoms with van der Waals surface area (Å²) in [6.45, 7) is 4.81. The molecule has 2 heterocycles. The molecule has 2 unspecified atom stereocenters. The Morgan fingerprint density at radius 1 is 1.30 bits per heavy atom. The van der Waals surface area contributed by atoms with Crippen LogP contribution in [0.15, 0.2) is 0 Å². The first-order chi connectivity index (χ1) is 10.7. The van der Waals surface area contributed by atoms with Crippen molar-refractivity contribution in [2.45, 2.75) is 38.8 Å². The van der Waals surface area contributed by atoms with Crippen LogP contribution in [0.3, 0.4) is 0 Å². The number of aliphatic carboxylic acids is 1. The van der Waals surface area contributed by atoms with E-state index in [9.17, 15) is 18.0 Å². The van der Waals surface area contributed by atoms with Crippen LogP contribution in [0.25, 0.3) is 0 Å². The lowest BCUT2D eigenvalue weighted by molar-refractivity contribution is -0.150. The zero-order valence-corrected chi connectivity index (χ0v) is 14.3. The van der Waals surface area contributed by atoms with E-state index in [2.05, 4.69) is 0 Å². The van der Waals surface area contributed by atoms with Crippen molar-refractivity contribution in [2.75, 3.05) is 32.0 Å². The molecule has 1 amide bonds. The molecular formula is C14H24N2O6S. The van der Waals surface area contributed by atoms with Gasteiger partial charge in [-0.3, -0.25) is 9.59 Å². The number of hydrogen-bond donors (Lipinski definition) is 1. The molecule has 9 heteroatoms. The van der Waals surface area contributed by atoms with Gasteiger partial charge in [-0.2, -0.15) is 4.31 Å². The van der Waals surface area contributed by atoms with Crippen LogP contribution in [0, 0.1) is 5.92 Å². The summed E-state index contributed by atoms with van der Waals surface area (Å²) in [4.78, 5) is 25.2. The summed E-state index contributed by atoms with van der Waals surface area (Å²) in [7, 11) is -3.39. The Labute approximate surface area is 136 Å². The molecule has 0 aliphatic carbocycles. The molecule has 0 aromatic rings. The normalized spacial score (nSPS) is 26.4. The maximum Gasteiger partial charge on any atom is 0.306 e. The van der Waals surface area contributed by atoms with E-state index in [4.69, 9.17) is 9.84 Å². The number of carbonyl (C=O) groups is 2. The lowest BCUT2D eigenvalue weighted by Gasteiger charge is -2.37. The first kappa shape index (κ1) is 18.2. The van der Waals surface area contributed by atoms with Crippen LogP contribution in [0.1, 0.15) is 26.7 Å². The second kappa shape index (κ2) is 7.14. The molecule has 0 aromatic heterocycles. The average Bonchev–Trinajstić information content (AvgIpc) is 2.78. The van der Waals surface area contributed by atoms with Crippen molar-refractivity contribution in [3.8, 4) is 0 Å². The van der Waals surface area contributed by atoms with Gasteiger partial charge in [-0.1, -0.05) is 13.8 Å². The van der Waals surface area contributed by atoms with Crippen LogP contribution < -0.4 is 0 Å². The van der Waals surface area contributed by atoms with Gasteiger partial charge in [-0.05, 0) is 12.3 Å². The number of nitrogens with zero attached hydrogens (tertiary/aromatic N) is 2. The summed E-state index contributed by atoms with van der Waals surface area (Å²) in [6.07, 6.45) is -0.185. The second-order valence-corrected chi connectivity index (χ2v) is 8.39. The van der Waals surface area contributed by atoms with E-state index in [1.54, 1.807) is 0 Å². The summed E-state index contributed by atoms with van der Waals surface area (Å²) in [5.41, 5.74) is 0. The zero-order chi connectivity index (χ0) is 17.2. The number of amides is 1. The van der Waals surface area contributed by atoms with Gasteiger partial charge in [0.2, 0.25) is 15.9 Å². The molecule has 0 spiro atoms. The molecule has 23 heavy (non-hydrogen) atoms. The Kier molecular flexibility index (Phi) is 5.64. The maximum atomic E-state index is 12.9. The van der Waals surface area contributed by atoms with Crippen LogP contribution >= 0.6 is 0 Å². The third kappa shape index (κ3) is 4.21. The predicted molar refractivity (Wildman–Crippen MR) is 82.3 cm³/mol. The Bertz CT molecular complexity index is 562. The third-order valence-electron chi connectivity index (χ3n) is 4.19. The lowest BCUT2D eigenvalue weighted by atomic mass is 10.0. The van der Waals surface area contributed by atoms with Crippen LogP contribution in [0.4, 0.5) is 0 Å². The highest BCUT2D eigenvalue weighted by Crippen LogP contribution is 2.24. The van der Waals surface area contributed by atoms with Crippen LogP contribution in [0.2, 0.25) is 0 Å². The molecule has 2 aliphatic rings. The number of carboxylic acids is 1. The fourth-order valence-electron chi connectivity index (χ4n) is 3.14. The summed E-state index contributed by atoms with van der Waals surface area (Å²) in [5.74, 6) is -1.32. The van der Waals surface area contributed by atoms with Gasteiger partial charge in [-0.25, -0.2) is 8.42 Å². The van der Waals surface area contributed by atoms with E-state index in [0.717, 1.165) is 0 Å². The number of hydrogen-bond acceptors (Lipinski definition) is 5. The highest BCUT2D eigenvalue weighted by atomic mass is 32.2. The quantitative estimate of drug-likeness (QED) is 0.735. The largest absolute Gasteiger partial charge is 0.481 e. The number of sulfonamides is 1. The van der Waals surface area contributed by atoms with Crippen molar-refractivity contribution in [2.24, 2.45) is 5.92 Å². The molecule has 0 aromatic carbocycles. The summed E-state index contributed by atoms with van der Waals surface area (Å²) < 4.78 is 31.0. The van der Waals surface area contributed by atoms with E-state index in [0.29, 0.717) is 19.5 Å². The second-order valence-electron chi connectivity index (χ2n) is 6.34. The fourth-order valence-corrected chi connectivity index (χ4v) is 4.95. The van der Waals surface area contributed by atoms with Crippen molar-refractivity contribution in [3.05, 3.63) is 0 Å². The predicted octanol–water partition coefficient (Wildman–Crippen LogP) is -0.251. The number of rotatable bonds is 5. The van der Waals surface area contributed by atoms with Crippen LogP contribution in [0.5, 0.6) is 0 Å². The third-order valence-corrected chi connectivity index (χ3v) is 6.11. The van der Waals surface area contributed by atoms with Gasteiger partial charge in [0, 0.05) is 19.6 Å². The molecule has 8 nitrogen and oxygen atoms in total. The highest BCUT2D eigenvalue weighted by molar-refractivity contribution is 7.89. The Morgan fingerprint density at radius 3 is 2.52 bits per heavy atom. The molecule has 2 fully saturated rings. The standard InChI is InChI=1S/C14H24N2O6S/c1-10(2)13(16-4-3-7-23(16,20)21)14(19)15-5-6-22-11(9-15)8-12(17)18/h10-11,13H,3-9H2,1-2H3,(H,17,18). The van der Waals surface area contributed by atoms with Crippen molar-refractivity contribution in [1.82, 2.24) is 9.21 Å². The van der Waals surface area contributed by atoms with Gasteiger partial charge in [0.05, 0.1) is 24.9 Å². The van der Waals surface area contributed by atoms with E-state index >= 15 is 0 Å². The first-order valence-corrected chi connectivity index (χ1v) is 9.45. The fraction of sp³-hybridized carbons (Fsp3) is 0.857. The molecule has 132 valence electrons. The summed E-state index contributed by atoms with van der Waals surface area (Å²) in [5, 5.41) is 8.86. The van der Waals surface area contributed by atoms with Crippen molar-refractivity contribution in [3.63, 3.8) is 0 Å². The van der Waals surface area contributed by atoms with Crippen LogP contribution in [-0.2, 0) is 24.3 Å². The monoisotopic (exact) mass is 348 g/mol. The van der Waals surface area contributed by atoms with E-state index in [-0.39, 0.29) is 37.2 Å². The average molecular weight is 348 g/mol. The van der Waals surface area contributed by atoms with Gasteiger partial charge < -0.3 is 14.7 Å². The first-order valence-electron chi connectivity index (χ1n) is 7.84. The number of morpholine rings is 1. The van der Waals surface area contributed by atoms with E-state index in [1.807, 2.05) is 13.8 Å². The molecule has 2 atom stereocenters. The van der Waals surface area contributed by atoms with Gasteiger partial charge >= 0.3 is 5.97 Å². The molecule has 1 N–H and O–H groups in total. The number of ether oxygens (including phenoxy) is 1. The van der Waals surface area contributed by atoms with Gasteiger partial charge in [0.15, 0.2) is 0 Å². The smallest absolute Gasteiger partial charge is 0.306 e. The molecule has 0 bridgehead atoms. The topological polar surface area (TPSA) is 104 Å². The minimum Gasteiger partial charge on any atom is -0.481 e. The van der Waals surface area contributed by atoms with E-state index < -0.39 is 28.1 Å². The Balaban J connectivity index is 2.13. The molecule has 2 rings (SSSR count). The molecule has 2 aliphatic heterocycles. The molecule has 0 saturated carbocycles. The zero-order valence-electron chi connectivity index (χ0n) is 13.5. The van der Waals surface area contributed by atoms with E-state index in [1.165, 1.54) is 9.21 Å². The minimum absolute atomic E-state index is 0.0776. The van der Waals surface area contributed by atoms with Crippen molar-refractivity contribution < 1.29 is 27.9 Å². The number of carbonyl (C=O) groups excluding carboxylic acids is 1. The van der Waals surface area contributed by atoms with Gasteiger partial charge in [-0.15, -0.1) is 0 Å². The minimum atomic E-state index is -3.39. The Morgan fingerprint density at radius 2 is 2.00 bits per heavy atom. The Hall–Kier alpha value is -1.19. The van der Waals surface area contributed by atoms with Crippen LogP contribution in [-0.4, -0.2) is 78.7 Å². The highest BCUT2D eigenvalue weighted by Gasteiger charge is 2.42. The lowest BCUT2D eigenvalue weighted by Crippen LogP contribution is -2.56. The SMILES string of the molecule is CC(C)C(C(=O)N1CCOC(CC(=O)O)C1)N1CCCS1(=O)=O. The number of carboxylic acid groups (broad SMARTS) is 1. The molecule has 0 radical (unpaired) electrons. The maximum absolute atomic E-state index is 12.9. The molecular weight excluding hydrogens is 324 g/mol. The molecule has 2 saturated heterocycles. The summed E-state index contributed by atoms with van der Waals surface area (Å²) in [6, 6.07) is -0.730. The van der Waals surface area contributed by atoms with Gasteiger partial charge in [0.25, 0.3) is 0 Å². The van der Waals surface area contributed by atoms with Gasteiger partial charge in [0.1, 0.15) is 6.04 Å². The van der Waals surface area contributed by atoms with Crippen molar-refractivity contribution in [1.29, 1.82) is 0 Å². The van der Waals surface area contributed by atoms with Crippen molar-refractivity contribution >= 4 is 21.9 Å².